The van der Waals surface area contributed by atoms with Crippen LogP contribution in [0.5, 0.6) is 5.88 Å². The van der Waals surface area contributed by atoms with Crippen LogP contribution in [-0.2, 0) is 4.74 Å². The molecule has 9 nitrogen and oxygen atoms in total. The summed E-state index contributed by atoms with van der Waals surface area (Å²) in [6.07, 6.45) is 3.41. The van der Waals surface area contributed by atoms with Crippen molar-refractivity contribution in [3.8, 4) is 28.3 Å². The number of fused-ring (bicyclic) bond motifs is 1. The van der Waals surface area contributed by atoms with E-state index in [1.807, 2.05) is 31.2 Å². The van der Waals surface area contributed by atoms with Crippen molar-refractivity contribution in [1.82, 2.24) is 20.2 Å². The maximum atomic E-state index is 12.1. The molecule has 0 aliphatic carbocycles. The van der Waals surface area contributed by atoms with Crippen LogP contribution in [0.15, 0.2) is 42.7 Å². The maximum Gasteiger partial charge on any atom is 0.269 e. The lowest BCUT2D eigenvalue weighted by atomic mass is 9.94. The van der Waals surface area contributed by atoms with E-state index in [1.165, 1.54) is 0 Å². The molecule has 4 aromatic rings. The van der Waals surface area contributed by atoms with Gasteiger partial charge >= 0.3 is 0 Å². The number of rotatable bonds is 5. The Hall–Kier alpha value is -3.98. The quantitative estimate of drug-likeness (QED) is 0.453. The molecule has 1 fully saturated rings. The molecule has 1 aromatic carbocycles. The highest BCUT2D eigenvalue weighted by molar-refractivity contribution is 6.05. The smallest absolute Gasteiger partial charge is 0.269 e. The van der Waals surface area contributed by atoms with E-state index < -0.39 is 5.91 Å². The summed E-state index contributed by atoms with van der Waals surface area (Å²) in [6.45, 7) is 3.10. The monoisotopic (exact) mass is 416 g/mol. The molecule has 0 spiro atoms. The number of aryl methyl sites for hydroxylation is 1. The number of H-pyrrole nitrogens is 1. The molecule has 0 bridgehead atoms. The van der Waals surface area contributed by atoms with Gasteiger partial charge in [-0.3, -0.25) is 9.89 Å². The molecule has 3 aromatic heterocycles. The van der Waals surface area contributed by atoms with Crippen molar-refractivity contribution in [3.05, 3.63) is 54.0 Å². The van der Waals surface area contributed by atoms with Crippen molar-refractivity contribution in [1.29, 1.82) is 0 Å². The van der Waals surface area contributed by atoms with Crippen LogP contribution in [0, 0.1) is 6.92 Å². The number of nitrogens with zero attached hydrogens (tertiary/aromatic N) is 3. The van der Waals surface area contributed by atoms with E-state index in [0.717, 1.165) is 22.0 Å². The van der Waals surface area contributed by atoms with E-state index in [2.05, 4.69) is 20.2 Å². The van der Waals surface area contributed by atoms with Crippen LogP contribution in [0.4, 0.5) is 5.69 Å². The van der Waals surface area contributed by atoms with E-state index in [9.17, 15) is 4.79 Å². The number of benzene rings is 1. The lowest BCUT2D eigenvalue weighted by Crippen LogP contribution is -2.38. The Morgan fingerprint density at radius 2 is 2.06 bits per heavy atom. The number of nitrogens with one attached hydrogen (secondary N) is 1. The van der Waals surface area contributed by atoms with E-state index >= 15 is 0 Å². The number of anilines is 1. The Labute approximate surface area is 177 Å². The molecule has 1 amide bonds. The van der Waals surface area contributed by atoms with E-state index in [0.29, 0.717) is 35.9 Å². The summed E-state index contributed by atoms with van der Waals surface area (Å²) in [5, 5.41) is 7.99. The Bertz CT molecular complexity index is 1290. The Morgan fingerprint density at radius 3 is 2.74 bits per heavy atom. The van der Waals surface area contributed by atoms with Gasteiger partial charge in [0, 0.05) is 28.8 Å². The second-order valence-corrected chi connectivity index (χ2v) is 7.43. The zero-order valence-corrected chi connectivity index (χ0v) is 16.8. The van der Waals surface area contributed by atoms with Crippen molar-refractivity contribution < 1.29 is 14.3 Å². The first kappa shape index (κ1) is 19.0. The normalized spacial score (nSPS) is 13.8. The SMILES string of the molecule is Cc1ccc2[nH]ncc2c1-c1cc(-c2ccc(OC3COC3)nc2)nc(C(N)=O)c1N. The molecule has 156 valence electrons. The van der Waals surface area contributed by atoms with Gasteiger partial charge in [0.05, 0.1) is 36.3 Å². The summed E-state index contributed by atoms with van der Waals surface area (Å²) in [7, 11) is 0. The lowest BCUT2D eigenvalue weighted by molar-refractivity contribution is -0.0813. The van der Waals surface area contributed by atoms with E-state index in [-0.39, 0.29) is 17.5 Å². The minimum Gasteiger partial charge on any atom is -0.469 e. The van der Waals surface area contributed by atoms with Crippen LogP contribution in [0.1, 0.15) is 16.1 Å². The summed E-state index contributed by atoms with van der Waals surface area (Å²) < 4.78 is 10.8. The number of pyridine rings is 2. The number of amides is 1. The first-order valence-electron chi connectivity index (χ1n) is 9.75. The van der Waals surface area contributed by atoms with Crippen LogP contribution >= 0.6 is 0 Å². The number of nitrogen functional groups attached to an aromatic ring is 1. The van der Waals surface area contributed by atoms with Crippen LogP contribution in [0.25, 0.3) is 33.3 Å². The highest BCUT2D eigenvalue weighted by Crippen LogP contribution is 2.38. The first-order chi connectivity index (χ1) is 15.0. The number of primary amides is 1. The molecular formula is C22H20N6O3. The molecule has 31 heavy (non-hydrogen) atoms. The third-order valence-electron chi connectivity index (χ3n) is 5.32. The van der Waals surface area contributed by atoms with Crippen LogP contribution < -0.4 is 16.2 Å². The Kier molecular flexibility index (Phi) is 4.52. The van der Waals surface area contributed by atoms with Crippen molar-refractivity contribution in [2.24, 2.45) is 5.73 Å². The van der Waals surface area contributed by atoms with Gasteiger partial charge in [-0.05, 0) is 36.2 Å². The van der Waals surface area contributed by atoms with Crippen molar-refractivity contribution in [3.63, 3.8) is 0 Å². The third-order valence-corrected chi connectivity index (χ3v) is 5.32. The molecule has 9 heteroatoms. The van der Waals surface area contributed by atoms with Gasteiger partial charge in [0.25, 0.3) is 5.91 Å². The zero-order chi connectivity index (χ0) is 21.5. The van der Waals surface area contributed by atoms with Gasteiger partial charge in [-0.25, -0.2) is 9.97 Å². The second kappa shape index (κ2) is 7.37. The van der Waals surface area contributed by atoms with Gasteiger partial charge in [0.2, 0.25) is 5.88 Å². The summed E-state index contributed by atoms with van der Waals surface area (Å²) in [5.74, 6) is -0.197. The molecule has 5 rings (SSSR count). The minimum atomic E-state index is -0.699. The summed E-state index contributed by atoms with van der Waals surface area (Å²) in [6, 6.07) is 9.35. The van der Waals surface area contributed by atoms with Crippen molar-refractivity contribution >= 4 is 22.5 Å². The molecule has 4 heterocycles. The fraction of sp³-hybridized carbons (Fsp3) is 0.182. The van der Waals surface area contributed by atoms with Gasteiger partial charge in [-0.15, -0.1) is 0 Å². The number of hydrogen-bond donors (Lipinski definition) is 3. The fourth-order valence-corrected chi connectivity index (χ4v) is 3.64. The largest absolute Gasteiger partial charge is 0.469 e. The van der Waals surface area contributed by atoms with Crippen LogP contribution in [-0.4, -0.2) is 45.4 Å². The molecule has 1 aliphatic rings. The zero-order valence-electron chi connectivity index (χ0n) is 16.8. The standard InChI is InChI=1S/C22H20N6O3/c1-11-2-4-16-15(8-26-28-16)19(11)14-6-17(27-21(20(14)23)22(24)29)12-3-5-18(25-7-12)31-13-9-30-10-13/h2-8,13H,9-10,23H2,1H3,(H2,24,29)(H,26,28). The molecule has 1 saturated heterocycles. The van der Waals surface area contributed by atoms with Crippen molar-refractivity contribution in [2.45, 2.75) is 13.0 Å². The predicted octanol–water partition coefficient (Wildman–Crippen LogP) is 2.45. The van der Waals surface area contributed by atoms with Gasteiger partial charge in [-0.1, -0.05) is 6.07 Å². The Balaban J connectivity index is 1.64. The predicted molar refractivity (Wildman–Crippen MR) is 115 cm³/mol. The van der Waals surface area contributed by atoms with Gasteiger partial charge in [-0.2, -0.15) is 5.10 Å². The number of aromatic amines is 1. The number of carbonyl (C=O) groups is 1. The summed E-state index contributed by atoms with van der Waals surface area (Å²) >= 11 is 0. The number of aromatic nitrogens is 4. The average molecular weight is 416 g/mol. The molecule has 0 unspecified atom stereocenters. The highest BCUT2D eigenvalue weighted by atomic mass is 16.6. The van der Waals surface area contributed by atoms with Crippen LogP contribution in [0.2, 0.25) is 0 Å². The first-order valence-corrected chi connectivity index (χ1v) is 9.75. The van der Waals surface area contributed by atoms with E-state index in [1.54, 1.807) is 18.5 Å². The molecule has 0 radical (unpaired) electrons. The summed E-state index contributed by atoms with van der Waals surface area (Å²) in [5.41, 5.74) is 16.8. The topological polar surface area (TPSA) is 142 Å². The lowest BCUT2D eigenvalue weighted by Gasteiger charge is -2.26. The minimum absolute atomic E-state index is 0.0133. The average Bonchev–Trinajstić information content (AvgIpc) is 3.20. The van der Waals surface area contributed by atoms with Gasteiger partial charge < -0.3 is 20.9 Å². The van der Waals surface area contributed by atoms with Crippen LogP contribution in [0.3, 0.4) is 0 Å². The highest BCUT2D eigenvalue weighted by Gasteiger charge is 2.22. The fourth-order valence-electron chi connectivity index (χ4n) is 3.64. The molecule has 5 N–H and O–H groups in total. The Morgan fingerprint density at radius 1 is 1.23 bits per heavy atom. The number of nitrogens with two attached hydrogens (primary N) is 2. The maximum absolute atomic E-state index is 12.1. The number of ether oxygens (including phenoxy) is 2. The second-order valence-electron chi connectivity index (χ2n) is 7.43. The number of hydrogen-bond acceptors (Lipinski definition) is 7. The molecular weight excluding hydrogens is 396 g/mol. The molecule has 0 saturated carbocycles. The number of carbonyl (C=O) groups excluding carboxylic acids is 1. The van der Waals surface area contributed by atoms with Gasteiger partial charge in [0.15, 0.2) is 5.69 Å². The molecule has 0 atom stereocenters. The van der Waals surface area contributed by atoms with Gasteiger partial charge in [0.1, 0.15) is 6.10 Å². The third kappa shape index (κ3) is 3.34. The van der Waals surface area contributed by atoms with Crippen molar-refractivity contribution in [2.75, 3.05) is 18.9 Å². The van der Waals surface area contributed by atoms with E-state index in [4.69, 9.17) is 20.9 Å². The summed E-state index contributed by atoms with van der Waals surface area (Å²) in [4.78, 5) is 20.9. The molecule has 1 aliphatic heterocycles.